The Labute approximate surface area is 126 Å². The van der Waals surface area contributed by atoms with E-state index in [0.717, 1.165) is 35.8 Å². The van der Waals surface area contributed by atoms with Gasteiger partial charge in [-0.1, -0.05) is 32.9 Å². The summed E-state index contributed by atoms with van der Waals surface area (Å²) in [7, 11) is 0. The lowest BCUT2D eigenvalue weighted by atomic mass is 10.3. The first-order valence-corrected chi connectivity index (χ1v) is 8.47. The fourth-order valence-electron chi connectivity index (χ4n) is 2.55. The summed E-state index contributed by atoms with van der Waals surface area (Å²) in [4.78, 5) is 2.54. The molecule has 1 aliphatic rings. The van der Waals surface area contributed by atoms with E-state index in [2.05, 4.69) is 66.2 Å². The quantitative estimate of drug-likeness (QED) is 0.864. The molecule has 2 rings (SSSR count). The minimum Gasteiger partial charge on any atom is -0.309 e. The van der Waals surface area contributed by atoms with Gasteiger partial charge < -0.3 is 5.32 Å². The zero-order valence-corrected chi connectivity index (χ0v) is 13.9. The van der Waals surface area contributed by atoms with Crippen molar-refractivity contribution in [3.63, 3.8) is 0 Å². The molecule has 6 heteroatoms. The highest BCUT2D eigenvalue weighted by Gasteiger charge is 2.21. The molecule has 1 aromatic heterocycles. The molecular formula is C14H27N5S. The monoisotopic (exact) mass is 297 g/mol. The zero-order valence-electron chi connectivity index (χ0n) is 13.0. The molecule has 0 amide bonds. The van der Waals surface area contributed by atoms with E-state index in [1.165, 1.54) is 13.1 Å². The molecule has 1 aromatic rings. The number of nitrogens with one attached hydrogen (secondary N) is 1. The lowest BCUT2D eigenvalue weighted by Crippen LogP contribution is -2.41. The number of thioether (sulfide) groups is 1. The van der Waals surface area contributed by atoms with Crippen molar-refractivity contribution in [2.45, 2.75) is 57.3 Å². The van der Waals surface area contributed by atoms with Crippen LogP contribution in [0, 0.1) is 0 Å². The second-order valence-corrected chi connectivity index (χ2v) is 7.91. The number of hydrogen-bond donors (Lipinski definition) is 1. The Balaban J connectivity index is 1.76. The SMILES string of the molecule is CC(C)NCc1cn(CCN2CC(C)SC(C)C2)nn1. The van der Waals surface area contributed by atoms with Crippen molar-refractivity contribution in [2.24, 2.45) is 0 Å². The zero-order chi connectivity index (χ0) is 14.5. The van der Waals surface area contributed by atoms with E-state index in [9.17, 15) is 0 Å². The van der Waals surface area contributed by atoms with Crippen molar-refractivity contribution in [1.82, 2.24) is 25.2 Å². The van der Waals surface area contributed by atoms with Crippen LogP contribution in [0.5, 0.6) is 0 Å². The van der Waals surface area contributed by atoms with Gasteiger partial charge in [-0.25, -0.2) is 0 Å². The summed E-state index contributed by atoms with van der Waals surface area (Å²) in [5.41, 5.74) is 1.02. The molecule has 0 bridgehead atoms. The third kappa shape index (κ3) is 5.07. The number of aromatic nitrogens is 3. The highest BCUT2D eigenvalue weighted by Crippen LogP contribution is 2.24. The summed E-state index contributed by atoms with van der Waals surface area (Å²) in [6.45, 7) is 14.1. The molecular weight excluding hydrogens is 270 g/mol. The number of hydrogen-bond acceptors (Lipinski definition) is 5. The lowest BCUT2D eigenvalue weighted by molar-refractivity contribution is 0.255. The lowest BCUT2D eigenvalue weighted by Gasteiger charge is -2.34. The maximum atomic E-state index is 4.21. The largest absolute Gasteiger partial charge is 0.309 e. The van der Waals surface area contributed by atoms with E-state index >= 15 is 0 Å². The number of nitrogens with zero attached hydrogens (tertiary/aromatic N) is 4. The molecule has 1 saturated heterocycles. The maximum absolute atomic E-state index is 4.21. The summed E-state index contributed by atoms with van der Waals surface area (Å²) in [6.07, 6.45) is 2.06. The van der Waals surface area contributed by atoms with Crippen molar-refractivity contribution in [3.05, 3.63) is 11.9 Å². The van der Waals surface area contributed by atoms with Gasteiger partial charge in [0.05, 0.1) is 12.2 Å². The second kappa shape index (κ2) is 7.43. The van der Waals surface area contributed by atoms with E-state index in [-0.39, 0.29) is 0 Å². The van der Waals surface area contributed by atoms with Crippen LogP contribution in [0.15, 0.2) is 6.20 Å². The predicted octanol–water partition coefficient (Wildman–Crippen LogP) is 1.60. The van der Waals surface area contributed by atoms with Crippen LogP contribution in [0.4, 0.5) is 0 Å². The summed E-state index contributed by atoms with van der Waals surface area (Å²) in [5.74, 6) is 0. The van der Waals surface area contributed by atoms with Gasteiger partial charge in [-0.3, -0.25) is 9.58 Å². The average molecular weight is 297 g/mol. The Hall–Kier alpha value is -0.590. The van der Waals surface area contributed by atoms with Gasteiger partial charge in [-0.15, -0.1) is 5.10 Å². The third-order valence-corrected chi connectivity index (χ3v) is 4.65. The second-order valence-electron chi connectivity index (χ2n) is 6.03. The Morgan fingerprint density at radius 3 is 2.65 bits per heavy atom. The van der Waals surface area contributed by atoms with Crippen molar-refractivity contribution in [3.8, 4) is 0 Å². The topological polar surface area (TPSA) is 46.0 Å². The molecule has 1 aliphatic heterocycles. The first-order chi connectivity index (χ1) is 9.52. The maximum Gasteiger partial charge on any atom is 0.0964 e. The van der Waals surface area contributed by atoms with Gasteiger partial charge in [0.2, 0.25) is 0 Å². The Morgan fingerprint density at radius 1 is 1.30 bits per heavy atom. The van der Waals surface area contributed by atoms with Crippen molar-refractivity contribution in [1.29, 1.82) is 0 Å². The predicted molar refractivity (Wildman–Crippen MR) is 85.0 cm³/mol. The summed E-state index contributed by atoms with van der Waals surface area (Å²) in [6, 6.07) is 0.481. The minimum absolute atomic E-state index is 0.481. The van der Waals surface area contributed by atoms with Crippen LogP contribution >= 0.6 is 11.8 Å². The molecule has 0 saturated carbocycles. The van der Waals surface area contributed by atoms with E-state index < -0.39 is 0 Å². The fraction of sp³-hybridized carbons (Fsp3) is 0.857. The molecule has 20 heavy (non-hydrogen) atoms. The van der Waals surface area contributed by atoms with Crippen molar-refractivity contribution in [2.75, 3.05) is 19.6 Å². The molecule has 0 spiro atoms. The molecule has 114 valence electrons. The van der Waals surface area contributed by atoms with Crippen LogP contribution < -0.4 is 5.32 Å². The van der Waals surface area contributed by atoms with E-state index in [1.807, 2.05) is 4.68 Å². The Bertz CT molecular complexity index is 396. The van der Waals surface area contributed by atoms with Gasteiger partial charge in [0.15, 0.2) is 0 Å². The van der Waals surface area contributed by atoms with Gasteiger partial charge in [0, 0.05) is 48.9 Å². The van der Waals surface area contributed by atoms with Crippen molar-refractivity contribution < 1.29 is 0 Å². The van der Waals surface area contributed by atoms with Crippen LogP contribution in [0.25, 0.3) is 0 Å². The normalized spacial score (nSPS) is 24.4. The summed E-state index contributed by atoms with van der Waals surface area (Å²) in [5, 5.41) is 13.3. The van der Waals surface area contributed by atoms with Gasteiger partial charge in [-0.05, 0) is 0 Å². The summed E-state index contributed by atoms with van der Waals surface area (Å²) >= 11 is 2.10. The molecule has 0 aromatic carbocycles. The van der Waals surface area contributed by atoms with E-state index in [4.69, 9.17) is 0 Å². The fourth-order valence-corrected chi connectivity index (χ4v) is 3.94. The molecule has 1 fully saturated rings. The van der Waals surface area contributed by atoms with Crippen molar-refractivity contribution >= 4 is 11.8 Å². The first-order valence-electron chi connectivity index (χ1n) is 7.53. The summed E-state index contributed by atoms with van der Waals surface area (Å²) < 4.78 is 1.97. The highest BCUT2D eigenvalue weighted by molar-refractivity contribution is 8.00. The Kier molecular flexibility index (Phi) is 5.86. The van der Waals surface area contributed by atoms with Gasteiger partial charge in [0.1, 0.15) is 0 Å². The smallest absolute Gasteiger partial charge is 0.0964 e. The van der Waals surface area contributed by atoms with Gasteiger partial charge >= 0.3 is 0 Å². The standard InChI is InChI=1S/C14H27N5S/c1-11(2)15-7-14-10-19(17-16-14)6-5-18-8-12(3)20-13(4)9-18/h10-13,15H,5-9H2,1-4H3. The van der Waals surface area contributed by atoms with Gasteiger partial charge in [0.25, 0.3) is 0 Å². The molecule has 2 atom stereocenters. The molecule has 0 radical (unpaired) electrons. The molecule has 2 unspecified atom stereocenters. The molecule has 5 nitrogen and oxygen atoms in total. The minimum atomic E-state index is 0.481. The van der Waals surface area contributed by atoms with Crippen LogP contribution in [-0.4, -0.2) is 56.1 Å². The number of rotatable bonds is 6. The van der Waals surface area contributed by atoms with Gasteiger partial charge in [-0.2, -0.15) is 11.8 Å². The highest BCUT2D eigenvalue weighted by atomic mass is 32.2. The Morgan fingerprint density at radius 2 is 2.00 bits per heavy atom. The van der Waals surface area contributed by atoms with Crippen LogP contribution in [0.3, 0.4) is 0 Å². The first kappa shape index (κ1) is 15.8. The van der Waals surface area contributed by atoms with E-state index in [1.54, 1.807) is 0 Å². The van der Waals surface area contributed by atoms with E-state index in [0.29, 0.717) is 6.04 Å². The molecule has 1 N–H and O–H groups in total. The van der Waals surface area contributed by atoms with Crippen LogP contribution in [0.2, 0.25) is 0 Å². The van der Waals surface area contributed by atoms with Crippen LogP contribution in [0.1, 0.15) is 33.4 Å². The average Bonchev–Trinajstić information content (AvgIpc) is 2.81. The third-order valence-electron chi connectivity index (χ3n) is 3.42. The molecule has 0 aliphatic carbocycles. The van der Waals surface area contributed by atoms with Crippen LogP contribution in [-0.2, 0) is 13.1 Å². The molecule has 2 heterocycles.